The highest BCUT2D eigenvalue weighted by atomic mass is 16.5. The molecule has 2 nitrogen and oxygen atoms in total. The lowest BCUT2D eigenvalue weighted by Gasteiger charge is -2.45. The Morgan fingerprint density at radius 3 is 2.22 bits per heavy atom. The Morgan fingerprint density at radius 1 is 0.652 bits per heavy atom. The van der Waals surface area contributed by atoms with E-state index in [0.717, 1.165) is 42.7 Å². The summed E-state index contributed by atoms with van der Waals surface area (Å²) in [6.07, 6.45) is 18.4. The maximum absolute atomic E-state index is 6.48. The molecule has 2 heteroatoms. The van der Waals surface area contributed by atoms with E-state index in [0.29, 0.717) is 6.10 Å². The Balaban J connectivity index is 1.45. The van der Waals surface area contributed by atoms with Crippen molar-refractivity contribution < 1.29 is 4.74 Å². The van der Waals surface area contributed by atoms with Gasteiger partial charge in [0.1, 0.15) is 0 Å². The number of nitrogens with one attached hydrogen (secondary N) is 1. The Kier molecular flexibility index (Phi) is 5.61. The van der Waals surface area contributed by atoms with Gasteiger partial charge in [-0.25, -0.2) is 0 Å². The van der Waals surface area contributed by atoms with E-state index in [1.807, 2.05) is 0 Å². The predicted molar refractivity (Wildman–Crippen MR) is 95.5 cm³/mol. The van der Waals surface area contributed by atoms with Crippen LogP contribution in [0.15, 0.2) is 0 Å². The number of ether oxygens (including phenoxy) is 1. The Bertz CT molecular complexity index is 365. The zero-order chi connectivity index (χ0) is 15.5. The predicted octanol–water partition coefficient (Wildman–Crippen LogP) is 4.78. The Labute approximate surface area is 143 Å². The zero-order valence-electron chi connectivity index (χ0n) is 15.0. The lowest BCUT2D eigenvalue weighted by Crippen LogP contribution is -2.43. The van der Waals surface area contributed by atoms with E-state index in [1.165, 1.54) is 83.6 Å². The summed E-state index contributed by atoms with van der Waals surface area (Å²) < 4.78 is 6.48. The SMILES string of the molecule is C1CCC([C@@H]2OCCNC[C@H]2C2CCC3CCCCC3C2)CC1. The second kappa shape index (κ2) is 7.87. The molecule has 4 fully saturated rings. The molecule has 0 spiro atoms. The van der Waals surface area contributed by atoms with Crippen LogP contribution in [0.25, 0.3) is 0 Å². The van der Waals surface area contributed by atoms with Gasteiger partial charge in [0.05, 0.1) is 12.7 Å². The highest BCUT2D eigenvalue weighted by Crippen LogP contribution is 2.47. The molecule has 0 radical (unpaired) electrons. The minimum Gasteiger partial charge on any atom is -0.376 e. The third kappa shape index (κ3) is 3.79. The molecule has 4 aliphatic rings. The maximum Gasteiger partial charge on any atom is 0.0646 e. The van der Waals surface area contributed by atoms with Crippen LogP contribution in [-0.4, -0.2) is 25.8 Å². The molecule has 0 bridgehead atoms. The van der Waals surface area contributed by atoms with Crippen LogP contribution >= 0.6 is 0 Å². The third-order valence-corrected chi connectivity index (χ3v) is 7.69. The van der Waals surface area contributed by atoms with Gasteiger partial charge in [-0.3, -0.25) is 0 Å². The fourth-order valence-electron chi connectivity index (χ4n) is 6.46. The molecule has 1 saturated heterocycles. The number of hydrogen-bond donors (Lipinski definition) is 1. The van der Waals surface area contributed by atoms with Crippen molar-refractivity contribution in [2.24, 2.45) is 29.6 Å². The normalized spacial score (nSPS) is 43.6. The van der Waals surface area contributed by atoms with Crippen molar-refractivity contribution >= 4 is 0 Å². The first kappa shape index (κ1) is 16.4. The van der Waals surface area contributed by atoms with Crippen LogP contribution < -0.4 is 5.32 Å². The summed E-state index contributed by atoms with van der Waals surface area (Å²) in [5.41, 5.74) is 0. The van der Waals surface area contributed by atoms with Gasteiger partial charge in [-0.05, 0) is 55.8 Å². The highest BCUT2D eigenvalue weighted by Gasteiger charge is 2.41. The van der Waals surface area contributed by atoms with Crippen molar-refractivity contribution in [2.45, 2.75) is 83.2 Å². The second-order valence-corrected chi connectivity index (χ2v) is 8.98. The van der Waals surface area contributed by atoms with E-state index in [-0.39, 0.29) is 0 Å². The standard InChI is InChI=1S/C21H37NO/c1-2-7-17(8-3-1)21-20(15-22-12-13-23-21)19-11-10-16-6-4-5-9-18(16)14-19/h16-22H,1-15H2/t16?,18?,19?,20-,21-/m0/s1. The van der Waals surface area contributed by atoms with Crippen LogP contribution in [0.5, 0.6) is 0 Å². The molecule has 3 aliphatic carbocycles. The molecule has 0 aromatic heterocycles. The molecule has 0 aromatic carbocycles. The molecule has 0 aromatic rings. The lowest BCUT2D eigenvalue weighted by atomic mass is 9.63. The fourth-order valence-corrected chi connectivity index (χ4v) is 6.46. The second-order valence-electron chi connectivity index (χ2n) is 8.98. The van der Waals surface area contributed by atoms with E-state index in [2.05, 4.69) is 5.32 Å². The van der Waals surface area contributed by atoms with Crippen molar-refractivity contribution in [3.63, 3.8) is 0 Å². The van der Waals surface area contributed by atoms with Crippen molar-refractivity contribution in [2.75, 3.05) is 19.7 Å². The van der Waals surface area contributed by atoms with Gasteiger partial charge in [-0.1, -0.05) is 44.9 Å². The molecule has 3 unspecified atom stereocenters. The van der Waals surface area contributed by atoms with Crippen LogP contribution in [0.4, 0.5) is 0 Å². The monoisotopic (exact) mass is 319 g/mol. The molecule has 1 aliphatic heterocycles. The van der Waals surface area contributed by atoms with E-state index < -0.39 is 0 Å². The summed E-state index contributed by atoms with van der Waals surface area (Å²) in [7, 11) is 0. The molecule has 23 heavy (non-hydrogen) atoms. The van der Waals surface area contributed by atoms with Gasteiger partial charge in [-0.15, -0.1) is 0 Å². The smallest absolute Gasteiger partial charge is 0.0646 e. The quantitative estimate of drug-likeness (QED) is 0.791. The molecule has 1 heterocycles. The first-order chi connectivity index (χ1) is 11.4. The van der Waals surface area contributed by atoms with Gasteiger partial charge in [-0.2, -0.15) is 0 Å². The van der Waals surface area contributed by atoms with Crippen LogP contribution in [0.3, 0.4) is 0 Å². The van der Waals surface area contributed by atoms with E-state index in [4.69, 9.17) is 4.74 Å². The zero-order valence-corrected chi connectivity index (χ0v) is 15.0. The van der Waals surface area contributed by atoms with Crippen LogP contribution in [-0.2, 0) is 4.74 Å². The first-order valence-electron chi connectivity index (χ1n) is 10.7. The first-order valence-corrected chi connectivity index (χ1v) is 10.7. The van der Waals surface area contributed by atoms with Gasteiger partial charge in [0.15, 0.2) is 0 Å². The van der Waals surface area contributed by atoms with Gasteiger partial charge < -0.3 is 10.1 Å². The molecule has 5 atom stereocenters. The van der Waals surface area contributed by atoms with Gasteiger partial charge in [0, 0.05) is 19.0 Å². The summed E-state index contributed by atoms with van der Waals surface area (Å²) in [4.78, 5) is 0. The van der Waals surface area contributed by atoms with Crippen LogP contribution in [0.2, 0.25) is 0 Å². The number of fused-ring (bicyclic) bond motifs is 1. The van der Waals surface area contributed by atoms with E-state index >= 15 is 0 Å². The van der Waals surface area contributed by atoms with E-state index in [1.54, 1.807) is 0 Å². The fraction of sp³-hybridized carbons (Fsp3) is 1.00. The molecule has 3 saturated carbocycles. The van der Waals surface area contributed by atoms with Crippen molar-refractivity contribution in [1.82, 2.24) is 5.32 Å². The van der Waals surface area contributed by atoms with Gasteiger partial charge in [0.25, 0.3) is 0 Å². The number of rotatable bonds is 2. The summed E-state index contributed by atoms with van der Waals surface area (Å²) in [6.45, 7) is 3.23. The minimum absolute atomic E-state index is 0.565. The highest BCUT2D eigenvalue weighted by molar-refractivity contribution is 4.92. The Morgan fingerprint density at radius 2 is 1.35 bits per heavy atom. The van der Waals surface area contributed by atoms with Crippen LogP contribution in [0, 0.1) is 29.6 Å². The van der Waals surface area contributed by atoms with Gasteiger partial charge in [0.2, 0.25) is 0 Å². The van der Waals surface area contributed by atoms with E-state index in [9.17, 15) is 0 Å². The van der Waals surface area contributed by atoms with Crippen LogP contribution in [0.1, 0.15) is 77.0 Å². The minimum atomic E-state index is 0.565. The Hall–Kier alpha value is -0.0800. The van der Waals surface area contributed by atoms with Gasteiger partial charge >= 0.3 is 0 Å². The summed E-state index contributed by atoms with van der Waals surface area (Å²) >= 11 is 0. The molecular weight excluding hydrogens is 282 g/mol. The average molecular weight is 320 g/mol. The van der Waals surface area contributed by atoms with Crippen molar-refractivity contribution in [3.8, 4) is 0 Å². The summed E-state index contributed by atoms with van der Waals surface area (Å²) in [5.74, 6) is 4.72. The molecular formula is C21H37NO. The molecule has 1 N–H and O–H groups in total. The maximum atomic E-state index is 6.48. The molecule has 0 amide bonds. The molecule has 132 valence electrons. The average Bonchev–Trinajstić information content (AvgIpc) is 2.88. The summed E-state index contributed by atoms with van der Waals surface area (Å²) in [6, 6.07) is 0. The van der Waals surface area contributed by atoms with Crippen molar-refractivity contribution in [1.29, 1.82) is 0 Å². The van der Waals surface area contributed by atoms with Crippen molar-refractivity contribution in [3.05, 3.63) is 0 Å². The largest absolute Gasteiger partial charge is 0.376 e. The number of hydrogen-bond acceptors (Lipinski definition) is 2. The third-order valence-electron chi connectivity index (χ3n) is 7.69. The summed E-state index contributed by atoms with van der Waals surface area (Å²) in [5, 5.41) is 3.71. The molecule has 4 rings (SSSR count). The lowest BCUT2D eigenvalue weighted by molar-refractivity contribution is -0.0503. The topological polar surface area (TPSA) is 21.3 Å².